The lowest BCUT2D eigenvalue weighted by Crippen LogP contribution is -2.06. The maximum absolute atomic E-state index is 5.25. The van der Waals surface area contributed by atoms with Gasteiger partial charge in [0, 0.05) is 6.07 Å². The summed E-state index contributed by atoms with van der Waals surface area (Å²) >= 11 is 0. The fourth-order valence-corrected chi connectivity index (χ4v) is 1.36. The standard InChI is InChI=1S/C12H20N2O4/c1-5-17-13-9-7-10(14-18-6-2)12(16-4)8-11(9)15-3/h7-8,13-14H,5-6H2,1-4H3. The highest BCUT2D eigenvalue weighted by atomic mass is 16.6. The fourth-order valence-electron chi connectivity index (χ4n) is 1.36. The monoisotopic (exact) mass is 256 g/mol. The van der Waals surface area contributed by atoms with Crippen LogP contribution < -0.4 is 20.4 Å². The van der Waals surface area contributed by atoms with E-state index in [1.165, 1.54) is 0 Å². The number of ether oxygens (including phenoxy) is 2. The predicted molar refractivity (Wildman–Crippen MR) is 70.0 cm³/mol. The Balaban J connectivity index is 2.99. The van der Waals surface area contributed by atoms with Crippen molar-refractivity contribution in [3.05, 3.63) is 12.1 Å². The van der Waals surface area contributed by atoms with Crippen molar-refractivity contribution in [3.63, 3.8) is 0 Å². The van der Waals surface area contributed by atoms with Crippen LogP contribution in [0.15, 0.2) is 12.1 Å². The molecule has 0 saturated heterocycles. The summed E-state index contributed by atoms with van der Waals surface area (Å²) in [5, 5.41) is 0. The molecule has 0 aliphatic heterocycles. The quantitative estimate of drug-likeness (QED) is 0.697. The van der Waals surface area contributed by atoms with E-state index in [4.69, 9.17) is 19.1 Å². The predicted octanol–water partition coefficient (Wildman–Crippen LogP) is 2.43. The van der Waals surface area contributed by atoms with Gasteiger partial charge in [0.15, 0.2) is 0 Å². The van der Waals surface area contributed by atoms with Gasteiger partial charge in [-0.1, -0.05) is 0 Å². The van der Waals surface area contributed by atoms with Gasteiger partial charge in [-0.2, -0.15) is 0 Å². The van der Waals surface area contributed by atoms with Crippen LogP contribution >= 0.6 is 0 Å². The van der Waals surface area contributed by atoms with Gasteiger partial charge in [-0.3, -0.25) is 20.6 Å². The lowest BCUT2D eigenvalue weighted by Gasteiger charge is -2.16. The zero-order chi connectivity index (χ0) is 13.4. The van der Waals surface area contributed by atoms with Crippen molar-refractivity contribution < 1.29 is 19.1 Å². The van der Waals surface area contributed by atoms with Crippen molar-refractivity contribution in [1.29, 1.82) is 0 Å². The van der Waals surface area contributed by atoms with Crippen molar-refractivity contribution in [1.82, 2.24) is 0 Å². The SMILES string of the molecule is CCONc1cc(NOCC)c(OC)cc1OC. The van der Waals surface area contributed by atoms with Gasteiger partial charge in [0.25, 0.3) is 0 Å². The summed E-state index contributed by atoms with van der Waals surface area (Å²) in [5.41, 5.74) is 7.01. The number of hydrogen-bond acceptors (Lipinski definition) is 6. The van der Waals surface area contributed by atoms with E-state index in [0.29, 0.717) is 36.1 Å². The summed E-state index contributed by atoms with van der Waals surface area (Å²) in [5.74, 6) is 1.25. The molecule has 0 spiro atoms. The molecule has 0 amide bonds. The molecule has 0 bridgehead atoms. The minimum atomic E-state index is 0.545. The second kappa shape index (κ2) is 7.62. The smallest absolute Gasteiger partial charge is 0.148 e. The second-order valence-electron chi connectivity index (χ2n) is 3.32. The van der Waals surface area contributed by atoms with E-state index in [2.05, 4.69) is 11.0 Å². The first kappa shape index (κ1) is 14.4. The lowest BCUT2D eigenvalue weighted by atomic mass is 10.2. The molecule has 0 radical (unpaired) electrons. The largest absolute Gasteiger partial charge is 0.494 e. The van der Waals surface area contributed by atoms with E-state index in [1.54, 1.807) is 26.4 Å². The number of hydrogen-bond donors (Lipinski definition) is 2. The molecule has 0 aliphatic rings. The third-order valence-corrected chi connectivity index (χ3v) is 2.17. The fraction of sp³-hybridized carbons (Fsp3) is 0.500. The molecular formula is C12H20N2O4. The van der Waals surface area contributed by atoms with Crippen LogP contribution in [-0.4, -0.2) is 27.4 Å². The average Bonchev–Trinajstić information content (AvgIpc) is 2.42. The lowest BCUT2D eigenvalue weighted by molar-refractivity contribution is 0.206. The third-order valence-electron chi connectivity index (χ3n) is 2.17. The Morgan fingerprint density at radius 3 is 1.61 bits per heavy atom. The van der Waals surface area contributed by atoms with Gasteiger partial charge in [0.05, 0.1) is 27.4 Å². The molecular weight excluding hydrogens is 236 g/mol. The van der Waals surface area contributed by atoms with Crippen molar-refractivity contribution in [2.75, 3.05) is 38.4 Å². The normalized spacial score (nSPS) is 10.0. The van der Waals surface area contributed by atoms with Crippen molar-refractivity contribution in [2.24, 2.45) is 0 Å². The summed E-state index contributed by atoms with van der Waals surface area (Å²) in [6.07, 6.45) is 0. The van der Waals surface area contributed by atoms with E-state index >= 15 is 0 Å². The van der Waals surface area contributed by atoms with Crippen LogP contribution in [0.1, 0.15) is 13.8 Å². The van der Waals surface area contributed by atoms with Gasteiger partial charge >= 0.3 is 0 Å². The minimum Gasteiger partial charge on any atom is -0.494 e. The number of methoxy groups -OCH3 is 2. The van der Waals surface area contributed by atoms with Crippen molar-refractivity contribution in [3.8, 4) is 11.5 Å². The van der Waals surface area contributed by atoms with Gasteiger partial charge in [-0.25, -0.2) is 0 Å². The zero-order valence-corrected chi connectivity index (χ0v) is 11.2. The van der Waals surface area contributed by atoms with Gasteiger partial charge < -0.3 is 9.47 Å². The van der Waals surface area contributed by atoms with Crippen LogP contribution in [0.4, 0.5) is 11.4 Å². The summed E-state index contributed by atoms with van der Waals surface area (Å²) in [6, 6.07) is 3.55. The molecule has 1 aromatic carbocycles. The first-order chi connectivity index (χ1) is 8.76. The maximum atomic E-state index is 5.25. The Morgan fingerprint density at radius 1 is 0.833 bits per heavy atom. The molecule has 2 N–H and O–H groups in total. The molecule has 0 heterocycles. The Bertz CT molecular complexity index is 340. The molecule has 0 unspecified atom stereocenters. The molecule has 0 aliphatic carbocycles. The molecule has 18 heavy (non-hydrogen) atoms. The Labute approximate surface area is 107 Å². The van der Waals surface area contributed by atoms with Crippen LogP contribution in [0.5, 0.6) is 11.5 Å². The Hall–Kier alpha value is -1.66. The number of anilines is 2. The van der Waals surface area contributed by atoms with E-state index in [1.807, 2.05) is 13.8 Å². The molecule has 6 nitrogen and oxygen atoms in total. The van der Waals surface area contributed by atoms with E-state index in [9.17, 15) is 0 Å². The number of nitrogens with one attached hydrogen (secondary N) is 2. The summed E-state index contributed by atoms with van der Waals surface area (Å²) < 4.78 is 10.5. The first-order valence-electron chi connectivity index (χ1n) is 5.78. The highest BCUT2D eigenvalue weighted by molar-refractivity contribution is 5.70. The van der Waals surface area contributed by atoms with Crippen LogP contribution in [-0.2, 0) is 9.68 Å². The molecule has 1 rings (SSSR count). The van der Waals surface area contributed by atoms with E-state index < -0.39 is 0 Å². The van der Waals surface area contributed by atoms with Crippen LogP contribution in [0, 0.1) is 0 Å². The molecule has 0 atom stereocenters. The van der Waals surface area contributed by atoms with E-state index in [-0.39, 0.29) is 0 Å². The summed E-state index contributed by atoms with van der Waals surface area (Å²) in [7, 11) is 3.17. The zero-order valence-electron chi connectivity index (χ0n) is 11.2. The Kier molecular flexibility index (Phi) is 6.10. The first-order valence-corrected chi connectivity index (χ1v) is 5.78. The summed E-state index contributed by atoms with van der Waals surface area (Å²) in [4.78, 5) is 10.3. The van der Waals surface area contributed by atoms with Crippen LogP contribution in [0.2, 0.25) is 0 Å². The maximum Gasteiger partial charge on any atom is 0.148 e. The van der Waals surface area contributed by atoms with Gasteiger partial charge in [-0.05, 0) is 19.9 Å². The third kappa shape index (κ3) is 3.68. The second-order valence-corrected chi connectivity index (χ2v) is 3.32. The van der Waals surface area contributed by atoms with Gasteiger partial charge in [-0.15, -0.1) is 0 Å². The van der Waals surface area contributed by atoms with E-state index in [0.717, 1.165) is 0 Å². The summed E-state index contributed by atoms with van der Waals surface area (Å²) in [6.45, 7) is 4.87. The highest BCUT2D eigenvalue weighted by Gasteiger charge is 2.11. The minimum absolute atomic E-state index is 0.545. The number of rotatable bonds is 8. The molecule has 6 heteroatoms. The van der Waals surface area contributed by atoms with Gasteiger partial charge in [0.1, 0.15) is 22.9 Å². The van der Waals surface area contributed by atoms with Crippen LogP contribution in [0.3, 0.4) is 0 Å². The Morgan fingerprint density at radius 2 is 1.28 bits per heavy atom. The van der Waals surface area contributed by atoms with Gasteiger partial charge in [0.2, 0.25) is 0 Å². The molecule has 102 valence electrons. The highest BCUT2D eigenvalue weighted by Crippen LogP contribution is 2.36. The van der Waals surface area contributed by atoms with Crippen LogP contribution in [0.25, 0.3) is 0 Å². The molecule has 0 aromatic heterocycles. The van der Waals surface area contributed by atoms with Crippen molar-refractivity contribution in [2.45, 2.75) is 13.8 Å². The number of benzene rings is 1. The molecule has 0 fully saturated rings. The molecule has 1 aromatic rings. The molecule has 0 saturated carbocycles. The topological polar surface area (TPSA) is 61.0 Å². The average molecular weight is 256 g/mol. The van der Waals surface area contributed by atoms with Crippen molar-refractivity contribution >= 4 is 11.4 Å².